The van der Waals surface area contributed by atoms with Gasteiger partial charge in [-0.25, -0.2) is 10.3 Å². The number of nitrogens with one attached hydrogen (secondary N) is 1. The van der Waals surface area contributed by atoms with Gasteiger partial charge in [-0.15, -0.1) is 0 Å². The molecule has 0 saturated carbocycles. The predicted molar refractivity (Wildman–Crippen MR) is 163 cm³/mol. The zero-order valence-corrected chi connectivity index (χ0v) is 24.7. The van der Waals surface area contributed by atoms with Gasteiger partial charge in [-0.05, 0) is 58.7 Å². The van der Waals surface area contributed by atoms with Crippen LogP contribution in [0, 0.1) is 11.8 Å². The topological polar surface area (TPSA) is 99.1 Å². The molecule has 2 N–H and O–H groups in total. The molecule has 1 fully saturated rings. The number of hydrogen-bond donors (Lipinski definition) is 2. The highest BCUT2D eigenvalue weighted by Crippen LogP contribution is 2.63. The van der Waals surface area contributed by atoms with Crippen LogP contribution in [0.3, 0.4) is 0 Å². The summed E-state index contributed by atoms with van der Waals surface area (Å²) in [4.78, 5) is 42.9. The normalized spacial score (nSPS) is 23.6. The van der Waals surface area contributed by atoms with E-state index in [9.17, 15) is 19.5 Å². The molecule has 1 aliphatic heterocycles. The molecule has 4 aliphatic rings. The minimum atomic E-state index is -1.18. The van der Waals surface area contributed by atoms with Crippen LogP contribution in [0.4, 0.5) is 5.69 Å². The molecule has 7 nitrogen and oxygen atoms in total. The van der Waals surface area contributed by atoms with E-state index in [2.05, 4.69) is 26.5 Å². The van der Waals surface area contributed by atoms with E-state index >= 15 is 0 Å². The Morgan fingerprint density at radius 2 is 1.60 bits per heavy atom. The number of phenols is 1. The molecule has 4 aromatic rings. The molecule has 0 aromatic heterocycles. The Morgan fingerprint density at radius 1 is 0.929 bits per heavy atom. The monoisotopic (exact) mass is 659 g/mol. The Hall–Kier alpha value is -3.98. The number of anilines is 1. The number of carbonyl (C=O) groups is 3. The number of benzene rings is 4. The first-order chi connectivity index (χ1) is 20.2. The fourth-order valence-corrected chi connectivity index (χ4v) is 7.75. The Labute approximate surface area is 258 Å². The molecule has 2 atom stereocenters. The molecule has 0 unspecified atom stereocenters. The number of amides is 3. The molecular weight excluding hydrogens is 641 g/mol. The van der Waals surface area contributed by atoms with Crippen LogP contribution in [0.1, 0.15) is 38.5 Å². The molecule has 208 valence electrons. The summed E-state index contributed by atoms with van der Waals surface area (Å²) in [6.07, 6.45) is 1.56. The maximum Gasteiger partial charge on any atom is 0.275 e. The number of imide groups is 1. The molecule has 3 aliphatic carbocycles. The van der Waals surface area contributed by atoms with Crippen LogP contribution < -0.4 is 10.3 Å². The van der Waals surface area contributed by atoms with Gasteiger partial charge in [-0.1, -0.05) is 87.7 Å². The Kier molecular flexibility index (Phi) is 6.27. The first-order valence-electron chi connectivity index (χ1n) is 13.1. The van der Waals surface area contributed by atoms with E-state index in [1.165, 1.54) is 23.1 Å². The minimum absolute atomic E-state index is 0.0285. The van der Waals surface area contributed by atoms with Crippen LogP contribution in [-0.4, -0.2) is 29.0 Å². The maximum absolute atomic E-state index is 14.4. The second-order valence-electron chi connectivity index (χ2n) is 10.5. The number of rotatable bonds is 4. The minimum Gasteiger partial charge on any atom is -0.507 e. The van der Waals surface area contributed by atoms with Crippen LogP contribution in [-0.2, 0) is 15.0 Å². The molecule has 42 heavy (non-hydrogen) atoms. The van der Waals surface area contributed by atoms with Gasteiger partial charge < -0.3 is 5.11 Å². The van der Waals surface area contributed by atoms with E-state index < -0.39 is 29.1 Å². The standard InChI is InChI=1S/C32H20BrCl2N3O4/c33-16-9-12-25(39)20(13-16)29(40)37-36-15-32-21-7-3-1-5-18(21)26(19-6-2-4-8-22(19)32)27-28(32)31(42)38(30(27)41)24-11-10-17(34)14-23(24)35/h1-15,26-28,39H,(H,37,40)/b36-15-/t26?,27-,28-,32?/m1/s1. The fraction of sp³-hybridized carbons (Fsp3) is 0.125. The zero-order chi connectivity index (χ0) is 29.3. The Balaban J connectivity index is 1.40. The van der Waals surface area contributed by atoms with E-state index in [-0.39, 0.29) is 33.8 Å². The van der Waals surface area contributed by atoms with Gasteiger partial charge in [0.1, 0.15) is 5.75 Å². The van der Waals surface area contributed by atoms with Crippen molar-refractivity contribution in [2.24, 2.45) is 16.9 Å². The average molecular weight is 661 g/mol. The quantitative estimate of drug-likeness (QED) is 0.150. The maximum atomic E-state index is 14.4. The van der Waals surface area contributed by atoms with E-state index in [1.54, 1.807) is 24.4 Å². The van der Waals surface area contributed by atoms with Gasteiger partial charge in [0.25, 0.3) is 5.91 Å². The Bertz CT molecular complexity index is 1830. The summed E-state index contributed by atoms with van der Waals surface area (Å²) in [6, 6.07) is 24.6. The van der Waals surface area contributed by atoms with Gasteiger partial charge in [0.15, 0.2) is 0 Å². The number of hydrogen-bond acceptors (Lipinski definition) is 5. The average Bonchev–Trinajstić information content (AvgIpc) is 3.25. The Morgan fingerprint density at radius 3 is 2.26 bits per heavy atom. The van der Waals surface area contributed by atoms with Crippen LogP contribution in [0.2, 0.25) is 10.0 Å². The van der Waals surface area contributed by atoms with Crippen molar-refractivity contribution in [2.45, 2.75) is 11.3 Å². The third-order valence-electron chi connectivity index (χ3n) is 8.47. The molecular formula is C32H20BrCl2N3O4. The van der Waals surface area contributed by atoms with E-state index in [1.807, 2.05) is 48.5 Å². The van der Waals surface area contributed by atoms with Crippen molar-refractivity contribution in [3.63, 3.8) is 0 Å². The lowest BCUT2D eigenvalue weighted by atomic mass is 9.47. The van der Waals surface area contributed by atoms with Crippen molar-refractivity contribution >= 4 is 68.8 Å². The summed E-state index contributed by atoms with van der Waals surface area (Å²) >= 11 is 15.9. The summed E-state index contributed by atoms with van der Waals surface area (Å²) in [6.45, 7) is 0. The summed E-state index contributed by atoms with van der Waals surface area (Å²) < 4.78 is 0.611. The fourth-order valence-electron chi connectivity index (χ4n) is 6.89. The van der Waals surface area contributed by atoms with Gasteiger partial charge >= 0.3 is 0 Å². The molecule has 10 heteroatoms. The molecule has 0 radical (unpaired) electrons. The van der Waals surface area contributed by atoms with Gasteiger partial charge in [-0.2, -0.15) is 5.10 Å². The molecule has 8 rings (SSSR count). The largest absolute Gasteiger partial charge is 0.507 e. The molecule has 1 heterocycles. The van der Waals surface area contributed by atoms with Crippen molar-refractivity contribution in [2.75, 3.05) is 4.90 Å². The lowest BCUT2D eigenvalue weighted by molar-refractivity contribution is -0.122. The first-order valence-corrected chi connectivity index (χ1v) is 14.6. The molecule has 1 saturated heterocycles. The molecule has 0 spiro atoms. The molecule has 2 bridgehead atoms. The summed E-state index contributed by atoms with van der Waals surface area (Å²) in [5.41, 5.74) is 5.15. The van der Waals surface area contributed by atoms with Gasteiger partial charge in [0.05, 0.1) is 33.5 Å². The lowest BCUT2D eigenvalue weighted by Crippen LogP contribution is -2.54. The summed E-state index contributed by atoms with van der Waals surface area (Å²) in [5, 5.41) is 15.2. The first kappa shape index (κ1) is 26.9. The van der Waals surface area contributed by atoms with Crippen molar-refractivity contribution in [3.05, 3.63) is 127 Å². The molecule has 4 aromatic carbocycles. The third-order valence-corrected chi connectivity index (χ3v) is 9.50. The predicted octanol–water partition coefficient (Wildman–Crippen LogP) is 6.43. The zero-order valence-electron chi connectivity index (χ0n) is 21.6. The summed E-state index contributed by atoms with van der Waals surface area (Å²) in [7, 11) is 0. The van der Waals surface area contributed by atoms with Gasteiger partial charge in [-0.3, -0.25) is 14.4 Å². The number of aromatic hydroxyl groups is 1. The smallest absolute Gasteiger partial charge is 0.275 e. The van der Waals surface area contributed by atoms with E-state index in [0.717, 1.165) is 22.3 Å². The SMILES string of the molecule is O=C(N/N=C\C12c3ccccc3C(c3ccccc31)[C@H]1C(=O)N(c3ccc(Cl)cc3Cl)C(=O)[C@@H]12)c1cc(Br)ccc1O. The summed E-state index contributed by atoms with van der Waals surface area (Å²) in [5.74, 6) is -3.55. The number of hydrazone groups is 1. The third kappa shape index (κ3) is 3.72. The van der Waals surface area contributed by atoms with Gasteiger partial charge in [0, 0.05) is 21.6 Å². The van der Waals surface area contributed by atoms with Crippen molar-refractivity contribution < 1.29 is 19.5 Å². The highest BCUT2D eigenvalue weighted by Gasteiger charge is 2.68. The van der Waals surface area contributed by atoms with E-state index in [4.69, 9.17) is 23.2 Å². The van der Waals surface area contributed by atoms with E-state index in [0.29, 0.717) is 9.50 Å². The highest BCUT2D eigenvalue weighted by molar-refractivity contribution is 9.10. The molecule has 3 amide bonds. The van der Waals surface area contributed by atoms with Crippen LogP contribution in [0.5, 0.6) is 5.75 Å². The highest BCUT2D eigenvalue weighted by atomic mass is 79.9. The number of nitrogens with zero attached hydrogens (tertiary/aromatic N) is 2. The van der Waals surface area contributed by atoms with Crippen molar-refractivity contribution in [1.82, 2.24) is 5.43 Å². The van der Waals surface area contributed by atoms with Crippen molar-refractivity contribution in [1.29, 1.82) is 0 Å². The van der Waals surface area contributed by atoms with Gasteiger partial charge in [0.2, 0.25) is 11.8 Å². The van der Waals surface area contributed by atoms with Crippen LogP contribution >= 0.6 is 39.1 Å². The second-order valence-corrected chi connectivity index (χ2v) is 12.3. The second kappa shape index (κ2) is 9.80. The van der Waals surface area contributed by atoms with Crippen LogP contribution in [0.25, 0.3) is 0 Å². The number of carbonyl (C=O) groups excluding carboxylic acids is 3. The van der Waals surface area contributed by atoms with Crippen molar-refractivity contribution in [3.8, 4) is 5.75 Å². The number of halogens is 3. The number of phenolic OH excluding ortho intramolecular Hbond substituents is 1. The lowest BCUT2D eigenvalue weighted by Gasteiger charge is -2.52. The van der Waals surface area contributed by atoms with Crippen LogP contribution in [0.15, 0.2) is 94.5 Å².